The van der Waals surface area contributed by atoms with Gasteiger partial charge in [0.25, 0.3) is 5.91 Å². The number of carbonyl (C=O) groups excluding carboxylic acids is 1. The van der Waals surface area contributed by atoms with Gasteiger partial charge in [-0.25, -0.2) is 4.98 Å². The first-order chi connectivity index (χ1) is 12.5. The highest BCUT2D eigenvalue weighted by Gasteiger charge is 2.25. The van der Waals surface area contributed by atoms with Crippen LogP contribution < -0.4 is 4.74 Å². The van der Waals surface area contributed by atoms with Gasteiger partial charge in [-0.2, -0.15) is 4.98 Å². The van der Waals surface area contributed by atoms with E-state index in [1.807, 2.05) is 18.7 Å². The maximum absolute atomic E-state index is 13.2. The molecule has 0 bridgehead atoms. The van der Waals surface area contributed by atoms with E-state index in [1.165, 1.54) is 11.3 Å². The third kappa shape index (κ3) is 4.15. The van der Waals surface area contributed by atoms with Crippen LogP contribution >= 0.6 is 11.3 Å². The number of carbonyl (C=O) groups is 1. The van der Waals surface area contributed by atoms with Crippen molar-refractivity contribution in [2.45, 2.75) is 47.1 Å². The number of amides is 1. The highest BCUT2D eigenvalue weighted by atomic mass is 32.1. The van der Waals surface area contributed by atoms with Gasteiger partial charge in [0.1, 0.15) is 11.4 Å². The van der Waals surface area contributed by atoms with Crippen LogP contribution in [0.4, 0.5) is 0 Å². The lowest BCUT2D eigenvalue weighted by atomic mass is 10.0. The van der Waals surface area contributed by atoms with Gasteiger partial charge in [0.2, 0.25) is 5.88 Å². The summed E-state index contributed by atoms with van der Waals surface area (Å²) in [6.07, 6.45) is 2.15. The Labute approximate surface area is 159 Å². The minimum atomic E-state index is 0.0650. The summed E-state index contributed by atoms with van der Waals surface area (Å²) in [5, 5.41) is 0.819. The van der Waals surface area contributed by atoms with Gasteiger partial charge in [0.05, 0.1) is 17.4 Å². The summed E-state index contributed by atoms with van der Waals surface area (Å²) in [5.41, 5.74) is 0.888. The predicted octanol–water partition coefficient (Wildman–Crippen LogP) is 4.05. The lowest BCUT2D eigenvalue weighted by Crippen LogP contribution is -2.35. The maximum atomic E-state index is 13.2. The molecular weight excluding hydrogens is 350 g/mol. The highest BCUT2D eigenvalue weighted by Crippen LogP contribution is 2.35. The molecule has 0 atom stereocenters. The Kier molecular flexibility index (Phi) is 7.34. The molecule has 7 heteroatoms. The molecular formula is C19H29N3O3S. The van der Waals surface area contributed by atoms with Crippen molar-refractivity contribution in [2.24, 2.45) is 5.92 Å². The summed E-state index contributed by atoms with van der Waals surface area (Å²) in [4.78, 5) is 25.5. The second kappa shape index (κ2) is 9.28. The minimum absolute atomic E-state index is 0.0650. The van der Waals surface area contributed by atoms with Gasteiger partial charge >= 0.3 is 0 Å². The fraction of sp³-hybridized carbons (Fsp3) is 0.632. The Morgan fingerprint density at radius 2 is 1.88 bits per heavy atom. The van der Waals surface area contributed by atoms with Crippen molar-refractivity contribution in [3.05, 3.63) is 16.3 Å². The monoisotopic (exact) mass is 379 g/mol. The van der Waals surface area contributed by atoms with Gasteiger partial charge in [0.15, 0.2) is 5.82 Å². The number of thiophene rings is 1. The second-order valence-corrected chi connectivity index (χ2v) is 7.34. The van der Waals surface area contributed by atoms with Gasteiger partial charge in [-0.15, -0.1) is 11.3 Å². The molecule has 26 heavy (non-hydrogen) atoms. The predicted molar refractivity (Wildman–Crippen MR) is 105 cm³/mol. The van der Waals surface area contributed by atoms with Crippen molar-refractivity contribution >= 4 is 27.5 Å². The van der Waals surface area contributed by atoms with E-state index in [0.29, 0.717) is 30.8 Å². The summed E-state index contributed by atoms with van der Waals surface area (Å²) in [6, 6.07) is 0. The van der Waals surface area contributed by atoms with Crippen molar-refractivity contribution in [3.63, 3.8) is 0 Å². The normalized spacial score (nSPS) is 11.3. The third-order valence-corrected chi connectivity index (χ3v) is 5.94. The molecule has 0 fully saturated rings. The Morgan fingerprint density at radius 1 is 1.19 bits per heavy atom. The number of hydrogen-bond acceptors (Lipinski definition) is 6. The van der Waals surface area contributed by atoms with E-state index in [1.54, 1.807) is 14.2 Å². The molecule has 0 aromatic carbocycles. The molecule has 0 aliphatic rings. The van der Waals surface area contributed by atoms with E-state index in [2.05, 4.69) is 23.8 Å². The molecule has 6 nitrogen and oxygen atoms in total. The highest BCUT2D eigenvalue weighted by molar-refractivity contribution is 7.20. The zero-order valence-electron chi connectivity index (χ0n) is 16.6. The number of fused-ring (bicyclic) bond motifs is 1. The van der Waals surface area contributed by atoms with Crippen LogP contribution in [0.3, 0.4) is 0 Å². The summed E-state index contributed by atoms with van der Waals surface area (Å²) >= 11 is 1.41. The first-order valence-corrected chi connectivity index (χ1v) is 9.94. The van der Waals surface area contributed by atoms with Crippen LogP contribution in [-0.2, 0) is 11.3 Å². The Bertz CT molecular complexity index is 756. The lowest BCUT2D eigenvalue weighted by molar-refractivity contribution is 0.0739. The molecule has 1 amide bonds. The fourth-order valence-corrected chi connectivity index (χ4v) is 4.21. The molecule has 0 radical (unpaired) electrons. The molecule has 0 N–H and O–H groups in total. The van der Waals surface area contributed by atoms with Crippen LogP contribution in [0.5, 0.6) is 5.88 Å². The molecule has 0 spiro atoms. The number of rotatable bonds is 9. The van der Waals surface area contributed by atoms with Crippen LogP contribution in [-0.4, -0.2) is 48.1 Å². The molecule has 0 aliphatic heterocycles. The maximum Gasteiger partial charge on any atom is 0.264 e. The molecule has 2 aromatic rings. The van der Waals surface area contributed by atoms with Crippen LogP contribution in [0, 0.1) is 12.8 Å². The fourth-order valence-electron chi connectivity index (χ4n) is 3.05. The topological polar surface area (TPSA) is 64.6 Å². The van der Waals surface area contributed by atoms with Gasteiger partial charge in [-0.1, -0.05) is 26.7 Å². The average molecular weight is 380 g/mol. The van der Waals surface area contributed by atoms with Crippen molar-refractivity contribution in [1.82, 2.24) is 14.9 Å². The summed E-state index contributed by atoms with van der Waals surface area (Å²) in [5.74, 6) is 1.64. The van der Waals surface area contributed by atoms with Gasteiger partial charge in [0, 0.05) is 20.2 Å². The third-order valence-electron chi connectivity index (χ3n) is 4.77. The number of aromatic nitrogens is 2. The lowest BCUT2D eigenvalue weighted by Gasteiger charge is -2.25. The number of methoxy groups -OCH3 is 2. The van der Waals surface area contributed by atoms with E-state index in [9.17, 15) is 4.79 Å². The quantitative estimate of drug-likeness (QED) is 0.657. The number of hydrogen-bond donors (Lipinski definition) is 0. The van der Waals surface area contributed by atoms with Crippen LogP contribution in [0.25, 0.3) is 10.2 Å². The first-order valence-electron chi connectivity index (χ1n) is 9.12. The van der Waals surface area contributed by atoms with E-state index in [4.69, 9.17) is 9.47 Å². The molecule has 0 saturated heterocycles. The Morgan fingerprint density at radius 3 is 2.42 bits per heavy atom. The number of nitrogens with zero attached hydrogens (tertiary/aromatic N) is 3. The van der Waals surface area contributed by atoms with Crippen molar-refractivity contribution in [1.29, 1.82) is 0 Å². The zero-order valence-corrected chi connectivity index (χ0v) is 17.4. The second-order valence-electron chi connectivity index (χ2n) is 6.34. The zero-order chi connectivity index (χ0) is 19.3. The number of ether oxygens (including phenoxy) is 2. The largest absolute Gasteiger partial charge is 0.480 e. The average Bonchev–Trinajstić information content (AvgIpc) is 2.98. The Balaban J connectivity index is 2.45. The molecule has 0 aliphatic carbocycles. The summed E-state index contributed by atoms with van der Waals surface area (Å²) in [7, 11) is 3.19. The minimum Gasteiger partial charge on any atom is -0.480 e. The van der Waals surface area contributed by atoms with E-state index in [0.717, 1.165) is 40.0 Å². The van der Waals surface area contributed by atoms with Crippen LogP contribution in [0.2, 0.25) is 0 Å². The molecule has 2 aromatic heterocycles. The molecule has 0 unspecified atom stereocenters. The smallest absolute Gasteiger partial charge is 0.264 e. The SMILES string of the molecule is CCC(CC)CN(CC)C(=O)c1sc2nc(COC)nc(OC)c2c1C. The molecule has 2 heterocycles. The van der Waals surface area contributed by atoms with Gasteiger partial charge in [-0.3, -0.25) is 4.79 Å². The van der Waals surface area contributed by atoms with Crippen molar-refractivity contribution in [2.75, 3.05) is 27.3 Å². The standard InChI is InChI=1S/C19H29N3O3S/c1-7-13(8-2)10-22(9-3)19(23)16-12(4)15-17(25-6)20-14(11-24-5)21-18(15)26-16/h13H,7-11H2,1-6H3. The van der Waals surface area contributed by atoms with E-state index >= 15 is 0 Å². The summed E-state index contributed by atoms with van der Waals surface area (Å²) < 4.78 is 10.6. The summed E-state index contributed by atoms with van der Waals surface area (Å²) in [6.45, 7) is 10.1. The van der Waals surface area contributed by atoms with Crippen molar-refractivity contribution in [3.8, 4) is 5.88 Å². The molecule has 0 saturated carbocycles. The van der Waals surface area contributed by atoms with E-state index in [-0.39, 0.29) is 5.91 Å². The first kappa shape index (κ1) is 20.6. The molecule has 144 valence electrons. The number of aryl methyl sites for hydroxylation is 1. The van der Waals surface area contributed by atoms with Crippen molar-refractivity contribution < 1.29 is 14.3 Å². The van der Waals surface area contributed by atoms with Gasteiger partial charge < -0.3 is 14.4 Å². The molecule has 2 rings (SSSR count). The van der Waals surface area contributed by atoms with Crippen LogP contribution in [0.15, 0.2) is 0 Å². The van der Waals surface area contributed by atoms with Gasteiger partial charge in [-0.05, 0) is 25.3 Å². The van der Waals surface area contributed by atoms with Crippen LogP contribution in [0.1, 0.15) is 54.7 Å². The van der Waals surface area contributed by atoms with E-state index < -0.39 is 0 Å². The Hall–Kier alpha value is -1.73.